The number of nitrogens with one attached hydrogen (secondary N) is 5. The second-order valence-electron chi connectivity index (χ2n) is 13.4. The maximum absolute atomic E-state index is 13.1. The van der Waals surface area contributed by atoms with Gasteiger partial charge in [-0.3, -0.25) is 23.9 Å². The van der Waals surface area contributed by atoms with Gasteiger partial charge in [0.1, 0.15) is 6.04 Å². The van der Waals surface area contributed by atoms with Gasteiger partial charge in [-0.15, -0.1) is 0 Å². The molecule has 12 nitrogen and oxygen atoms in total. The summed E-state index contributed by atoms with van der Waals surface area (Å²) < 4.78 is 2.80. The highest BCUT2D eigenvalue weighted by Crippen LogP contribution is 2.27. The van der Waals surface area contributed by atoms with Gasteiger partial charge in [-0.05, 0) is 43.4 Å². The summed E-state index contributed by atoms with van der Waals surface area (Å²) in [5.74, 6) is -0.744. The van der Waals surface area contributed by atoms with Gasteiger partial charge >= 0.3 is 6.03 Å². The van der Waals surface area contributed by atoms with E-state index >= 15 is 0 Å². The molecule has 1 saturated heterocycles. The summed E-state index contributed by atoms with van der Waals surface area (Å²) in [7, 11) is 0. The number of amides is 5. The summed E-state index contributed by atoms with van der Waals surface area (Å²) in [5.41, 5.74) is 4.13. The predicted molar refractivity (Wildman–Crippen MR) is 204 cm³/mol. The van der Waals surface area contributed by atoms with Gasteiger partial charge in [0.25, 0.3) is 5.91 Å². The summed E-state index contributed by atoms with van der Waals surface area (Å²) in [6.07, 6.45) is 5.36. The molecule has 48 heavy (non-hydrogen) atoms. The zero-order valence-electron chi connectivity index (χ0n) is 33.1. The van der Waals surface area contributed by atoms with Gasteiger partial charge < -0.3 is 31.9 Å². The maximum atomic E-state index is 13.1. The number of urea groups is 1. The van der Waals surface area contributed by atoms with Crippen molar-refractivity contribution in [1.29, 1.82) is 0 Å². The Morgan fingerprint density at radius 3 is 1.71 bits per heavy atom. The first-order valence-electron chi connectivity index (χ1n) is 17.8. The molecule has 1 aliphatic carbocycles. The van der Waals surface area contributed by atoms with Gasteiger partial charge in [0.15, 0.2) is 0 Å². The zero-order valence-corrected chi connectivity index (χ0v) is 34.0. The topological polar surface area (TPSA) is 175 Å². The van der Waals surface area contributed by atoms with Crippen LogP contribution >= 0.6 is 12.8 Å². The minimum atomic E-state index is -1.04. The molecule has 0 radical (unpaired) electrons. The Morgan fingerprint density at radius 2 is 1.38 bits per heavy atom. The van der Waals surface area contributed by atoms with Crippen LogP contribution in [0.3, 0.4) is 0 Å². The van der Waals surface area contributed by atoms with E-state index in [0.29, 0.717) is 13.0 Å². The SMILES string of the molecule is CC.CC.CC.CC(NC=O)C(=O)C(N)=O.CC1CC1.CC1CCCN1C(=O)C(NC(=O)NC(CNCCNS)C(C)(C)C)C(C)(C)C. The molecule has 2 rings (SSSR count). The van der Waals surface area contributed by atoms with Crippen molar-refractivity contribution >= 4 is 42.9 Å². The second-order valence-corrected chi connectivity index (χ2v) is 13.7. The number of likely N-dealkylation sites (tertiary alicyclic amines) is 1. The number of carbonyl (C=O) groups is 5. The van der Waals surface area contributed by atoms with Gasteiger partial charge in [0, 0.05) is 38.3 Å². The predicted octanol–water partition coefficient (Wildman–Crippen LogP) is 4.82. The van der Waals surface area contributed by atoms with Crippen LogP contribution in [-0.2, 0) is 19.2 Å². The molecule has 0 aromatic heterocycles. The van der Waals surface area contributed by atoms with Crippen LogP contribution in [0.1, 0.15) is 130 Å². The molecular weight excluding hydrogens is 630 g/mol. The highest BCUT2D eigenvalue weighted by Gasteiger charge is 2.39. The average molecular weight is 706 g/mol. The van der Waals surface area contributed by atoms with Crippen molar-refractivity contribution < 1.29 is 24.0 Å². The fourth-order valence-electron chi connectivity index (χ4n) is 3.93. The van der Waals surface area contributed by atoms with Crippen LogP contribution in [0.4, 0.5) is 4.79 Å². The van der Waals surface area contributed by atoms with E-state index in [9.17, 15) is 24.0 Å². The van der Waals surface area contributed by atoms with E-state index in [1.165, 1.54) is 19.8 Å². The maximum Gasteiger partial charge on any atom is 0.315 e. The Labute approximate surface area is 299 Å². The van der Waals surface area contributed by atoms with E-state index in [1.54, 1.807) is 0 Å². The molecule has 4 atom stereocenters. The lowest BCUT2D eigenvalue weighted by atomic mass is 9.85. The highest BCUT2D eigenvalue weighted by atomic mass is 32.1. The van der Waals surface area contributed by atoms with Crippen LogP contribution in [-0.4, -0.2) is 85.3 Å². The number of ketones is 1. The standard InChI is InChI=1S/C20H41N5O2S.C5H8N2O3.C4H8.3C2H6/c1-14-9-8-12-25(14)17(26)16(20(5,6)7)24-18(27)23-15(19(2,3)4)13-21-10-11-22-28;1-3(7-2-8)4(9)5(6)10;1-4-2-3-4;3*1-2/h14-16,21-22,28H,8-13H2,1-7H3,(H2,23,24,27);2-3H,1H3,(H2,6,10)(H,7,8);4H,2-3H2,1H3;3*1-2H3. The third-order valence-corrected chi connectivity index (χ3v) is 7.38. The van der Waals surface area contributed by atoms with Gasteiger partial charge in [0.05, 0.1) is 6.04 Å². The number of carbonyl (C=O) groups excluding carboxylic acids is 5. The molecule has 13 heteroatoms. The van der Waals surface area contributed by atoms with Crippen LogP contribution in [0.2, 0.25) is 0 Å². The minimum Gasteiger partial charge on any atom is -0.363 e. The number of hydrogen-bond donors (Lipinski definition) is 7. The fraction of sp³-hybridized carbons (Fsp3) is 0.857. The van der Waals surface area contributed by atoms with Crippen LogP contribution < -0.4 is 31.7 Å². The molecule has 0 bridgehead atoms. The molecule has 0 aromatic carbocycles. The number of hydrogen-bond acceptors (Lipinski definition) is 8. The van der Waals surface area contributed by atoms with E-state index in [-0.39, 0.29) is 34.9 Å². The van der Waals surface area contributed by atoms with Gasteiger partial charge in [-0.25, -0.2) is 4.79 Å². The average Bonchev–Trinajstić information content (AvgIpc) is 3.70. The van der Waals surface area contributed by atoms with E-state index < -0.39 is 23.8 Å². The second kappa shape index (κ2) is 29.5. The number of Topliss-reactive ketones (excluding diaryl/α,β-unsaturated/α-hetero) is 1. The summed E-state index contributed by atoms with van der Waals surface area (Å²) >= 11 is 3.98. The number of rotatable bonds is 12. The molecule has 1 saturated carbocycles. The van der Waals surface area contributed by atoms with Crippen molar-refractivity contribution in [1.82, 2.24) is 30.9 Å². The molecule has 1 aliphatic heterocycles. The number of primary amides is 1. The normalized spacial score (nSPS) is 16.7. The molecule has 2 aliphatic rings. The Hall–Kier alpha value is -2.38. The van der Waals surface area contributed by atoms with Crippen LogP contribution in [0.5, 0.6) is 0 Å². The van der Waals surface area contributed by atoms with Crippen molar-refractivity contribution in [3.8, 4) is 0 Å². The lowest BCUT2D eigenvalue weighted by molar-refractivity contribution is -0.137. The molecule has 2 fully saturated rings. The third kappa shape index (κ3) is 25.6. The van der Waals surface area contributed by atoms with Crippen molar-refractivity contribution in [2.45, 2.75) is 154 Å². The summed E-state index contributed by atoms with van der Waals surface area (Å²) in [6.45, 7) is 32.9. The zero-order chi connectivity index (χ0) is 38.7. The molecule has 1 heterocycles. The van der Waals surface area contributed by atoms with E-state index in [0.717, 1.165) is 38.4 Å². The molecule has 0 spiro atoms. The lowest BCUT2D eigenvalue weighted by Gasteiger charge is -2.37. The molecular formula is C35H75N7O5S. The van der Waals surface area contributed by atoms with E-state index in [1.807, 2.05) is 67.2 Å². The number of nitrogens with two attached hydrogens (primary N) is 1. The molecule has 5 amide bonds. The largest absolute Gasteiger partial charge is 0.363 e. The lowest BCUT2D eigenvalue weighted by Crippen LogP contribution is -2.60. The van der Waals surface area contributed by atoms with Crippen molar-refractivity contribution in [2.24, 2.45) is 22.5 Å². The molecule has 286 valence electrons. The first-order valence-corrected chi connectivity index (χ1v) is 18.3. The molecule has 7 N–H and O–H groups in total. The van der Waals surface area contributed by atoms with Crippen molar-refractivity contribution in [3.05, 3.63) is 0 Å². The third-order valence-electron chi connectivity index (χ3n) is 7.16. The molecule has 0 aromatic rings. The van der Waals surface area contributed by atoms with Crippen LogP contribution in [0, 0.1) is 16.7 Å². The fourth-order valence-corrected chi connectivity index (χ4v) is 4.04. The van der Waals surface area contributed by atoms with E-state index in [2.05, 4.69) is 79.2 Å². The van der Waals surface area contributed by atoms with Gasteiger partial charge in [-0.2, -0.15) is 0 Å². The Morgan fingerprint density at radius 1 is 0.875 bits per heavy atom. The number of thiol groups is 1. The monoisotopic (exact) mass is 706 g/mol. The summed E-state index contributed by atoms with van der Waals surface area (Å²) in [6, 6.07) is -1.53. The first kappa shape index (κ1) is 52.4. The first-order chi connectivity index (χ1) is 22.4. The highest BCUT2D eigenvalue weighted by molar-refractivity contribution is 7.78. The van der Waals surface area contributed by atoms with Gasteiger partial charge in [0.2, 0.25) is 18.1 Å². The van der Waals surface area contributed by atoms with E-state index in [4.69, 9.17) is 0 Å². The van der Waals surface area contributed by atoms with Crippen molar-refractivity contribution in [3.63, 3.8) is 0 Å². The smallest absolute Gasteiger partial charge is 0.315 e. The quantitative estimate of drug-likeness (QED) is 0.0660. The van der Waals surface area contributed by atoms with Crippen LogP contribution in [0.15, 0.2) is 0 Å². The number of nitrogens with zero attached hydrogens (tertiary/aromatic N) is 1. The van der Waals surface area contributed by atoms with Crippen molar-refractivity contribution in [2.75, 3.05) is 26.2 Å². The Bertz CT molecular complexity index is 874. The summed E-state index contributed by atoms with van der Waals surface area (Å²) in [5, 5.41) is 11.5. The molecule has 4 unspecified atom stereocenters. The Balaban J connectivity index is -0.000000394. The Kier molecular flexibility index (Phi) is 32.3. The summed E-state index contributed by atoms with van der Waals surface area (Å²) in [4.78, 5) is 58.2. The van der Waals surface area contributed by atoms with Crippen LogP contribution in [0.25, 0.3) is 0 Å². The minimum absolute atomic E-state index is 0.0120. The van der Waals surface area contributed by atoms with Gasteiger partial charge in [-0.1, -0.05) is 116 Å².